The zero-order valence-electron chi connectivity index (χ0n) is 12.7. The van der Waals surface area contributed by atoms with Crippen LogP contribution in [0.5, 0.6) is 0 Å². The second kappa shape index (κ2) is 6.41. The molecular formula is C17H14BrNO4S. The van der Waals surface area contributed by atoms with Gasteiger partial charge in [0.05, 0.1) is 4.90 Å². The van der Waals surface area contributed by atoms with Gasteiger partial charge < -0.3 is 9.73 Å². The quantitative estimate of drug-likeness (QED) is 0.717. The molecule has 0 saturated carbocycles. The van der Waals surface area contributed by atoms with E-state index >= 15 is 0 Å². The lowest BCUT2D eigenvalue weighted by Gasteiger charge is -2.04. The van der Waals surface area contributed by atoms with Gasteiger partial charge in [0.1, 0.15) is 5.58 Å². The Morgan fingerprint density at radius 2 is 1.88 bits per heavy atom. The molecule has 3 aromatic rings. The van der Waals surface area contributed by atoms with Crippen molar-refractivity contribution in [2.75, 3.05) is 6.26 Å². The van der Waals surface area contributed by atoms with E-state index in [-0.39, 0.29) is 23.1 Å². The molecule has 0 aliphatic rings. The highest BCUT2D eigenvalue weighted by atomic mass is 79.9. The molecule has 0 unspecified atom stereocenters. The average molecular weight is 408 g/mol. The Bertz CT molecular complexity index is 1010. The number of carbonyl (C=O) groups excluding carboxylic acids is 1. The van der Waals surface area contributed by atoms with Crippen LogP contribution >= 0.6 is 15.9 Å². The highest BCUT2D eigenvalue weighted by Crippen LogP contribution is 2.26. The molecule has 0 fully saturated rings. The van der Waals surface area contributed by atoms with Gasteiger partial charge in [-0.05, 0) is 35.9 Å². The molecule has 2 aromatic carbocycles. The maximum atomic E-state index is 12.2. The number of nitrogens with one attached hydrogen (secondary N) is 1. The molecule has 0 spiro atoms. The van der Waals surface area contributed by atoms with Gasteiger partial charge in [-0.3, -0.25) is 4.79 Å². The fraction of sp³-hybridized carbons (Fsp3) is 0.118. The molecule has 0 radical (unpaired) electrons. The Labute approximate surface area is 147 Å². The van der Waals surface area contributed by atoms with Gasteiger partial charge in [-0.1, -0.05) is 34.1 Å². The highest BCUT2D eigenvalue weighted by Gasteiger charge is 2.13. The minimum Gasteiger partial charge on any atom is -0.451 e. The molecule has 124 valence electrons. The van der Waals surface area contributed by atoms with Gasteiger partial charge in [0, 0.05) is 22.7 Å². The Balaban J connectivity index is 1.71. The summed E-state index contributed by atoms with van der Waals surface area (Å²) in [6.45, 7) is 0.279. The first kappa shape index (κ1) is 16.7. The topological polar surface area (TPSA) is 76.4 Å². The predicted molar refractivity (Wildman–Crippen MR) is 94.6 cm³/mol. The van der Waals surface area contributed by atoms with E-state index < -0.39 is 9.84 Å². The van der Waals surface area contributed by atoms with Crippen molar-refractivity contribution >= 4 is 42.6 Å². The van der Waals surface area contributed by atoms with Crippen molar-refractivity contribution in [1.82, 2.24) is 5.32 Å². The van der Waals surface area contributed by atoms with E-state index in [1.165, 1.54) is 12.1 Å². The van der Waals surface area contributed by atoms with E-state index in [1.54, 1.807) is 24.3 Å². The molecule has 3 rings (SSSR count). The van der Waals surface area contributed by atoms with E-state index in [1.807, 2.05) is 12.1 Å². The van der Waals surface area contributed by atoms with E-state index in [0.717, 1.165) is 21.7 Å². The van der Waals surface area contributed by atoms with Gasteiger partial charge in [-0.2, -0.15) is 0 Å². The predicted octanol–water partition coefficient (Wildman–Crippen LogP) is 3.53. The van der Waals surface area contributed by atoms with Gasteiger partial charge in [0.2, 0.25) is 0 Å². The van der Waals surface area contributed by atoms with E-state index in [9.17, 15) is 13.2 Å². The fourth-order valence-electron chi connectivity index (χ4n) is 2.26. The summed E-state index contributed by atoms with van der Waals surface area (Å²) < 4.78 is 29.2. The number of furan rings is 1. The van der Waals surface area contributed by atoms with Crippen LogP contribution < -0.4 is 5.32 Å². The highest BCUT2D eigenvalue weighted by molar-refractivity contribution is 9.10. The maximum absolute atomic E-state index is 12.2. The van der Waals surface area contributed by atoms with Gasteiger partial charge in [0.25, 0.3) is 5.91 Å². The maximum Gasteiger partial charge on any atom is 0.287 e. The molecule has 0 atom stereocenters. The molecule has 1 N–H and O–H groups in total. The van der Waals surface area contributed by atoms with Crippen molar-refractivity contribution < 1.29 is 17.6 Å². The molecule has 0 saturated heterocycles. The monoisotopic (exact) mass is 407 g/mol. The third kappa shape index (κ3) is 3.52. The summed E-state index contributed by atoms with van der Waals surface area (Å²) in [7, 11) is -3.22. The molecule has 1 heterocycles. The summed E-state index contributed by atoms with van der Waals surface area (Å²) in [5.74, 6) is -0.102. The van der Waals surface area contributed by atoms with Crippen LogP contribution in [-0.2, 0) is 16.4 Å². The summed E-state index contributed by atoms with van der Waals surface area (Å²) in [6, 6.07) is 13.6. The number of benzene rings is 2. The third-order valence-electron chi connectivity index (χ3n) is 3.54. The van der Waals surface area contributed by atoms with Crippen LogP contribution in [0.3, 0.4) is 0 Å². The first-order chi connectivity index (χ1) is 11.3. The molecule has 0 aliphatic carbocycles. The van der Waals surface area contributed by atoms with Crippen molar-refractivity contribution in [3.63, 3.8) is 0 Å². The Morgan fingerprint density at radius 3 is 2.50 bits per heavy atom. The van der Waals surface area contributed by atoms with Crippen LogP contribution in [0.1, 0.15) is 16.1 Å². The first-order valence-corrected chi connectivity index (χ1v) is 9.78. The lowest BCUT2D eigenvalue weighted by atomic mass is 10.2. The number of amides is 1. The molecule has 1 amide bonds. The minimum absolute atomic E-state index is 0.227. The molecule has 1 aromatic heterocycles. The fourth-order valence-corrected chi connectivity index (χ4v) is 3.35. The Hall–Kier alpha value is -2.12. The van der Waals surface area contributed by atoms with Crippen molar-refractivity contribution in [1.29, 1.82) is 0 Å². The number of rotatable bonds is 4. The van der Waals surface area contributed by atoms with Gasteiger partial charge in [-0.25, -0.2) is 8.42 Å². The van der Waals surface area contributed by atoms with Crippen molar-refractivity contribution in [3.05, 3.63) is 64.3 Å². The summed E-state index contributed by atoms with van der Waals surface area (Å²) in [5.41, 5.74) is 1.43. The molecular weight excluding hydrogens is 394 g/mol. The number of sulfone groups is 1. The average Bonchev–Trinajstić information content (AvgIpc) is 2.98. The standard InChI is InChI=1S/C17H14BrNO4S/c1-24(21,22)12-7-5-11(6-8-12)10-19-17(20)16-9-13-14(18)3-2-4-15(13)23-16/h2-9H,10H2,1H3,(H,19,20). The zero-order chi connectivity index (χ0) is 17.3. The largest absolute Gasteiger partial charge is 0.451 e. The lowest BCUT2D eigenvalue weighted by molar-refractivity contribution is 0.0925. The normalized spacial score (nSPS) is 11.6. The molecule has 24 heavy (non-hydrogen) atoms. The molecule has 0 bridgehead atoms. The van der Waals surface area contributed by atoms with E-state index in [2.05, 4.69) is 21.2 Å². The second-order valence-electron chi connectivity index (χ2n) is 5.36. The minimum atomic E-state index is -3.22. The Kier molecular flexibility index (Phi) is 4.47. The Morgan fingerprint density at radius 1 is 1.17 bits per heavy atom. The van der Waals surface area contributed by atoms with Crippen LogP contribution in [0.25, 0.3) is 11.0 Å². The van der Waals surface area contributed by atoms with Crippen molar-refractivity contribution in [2.24, 2.45) is 0 Å². The lowest BCUT2D eigenvalue weighted by Crippen LogP contribution is -2.22. The molecule has 0 aliphatic heterocycles. The summed E-state index contributed by atoms with van der Waals surface area (Å²) in [6.07, 6.45) is 1.16. The number of fused-ring (bicyclic) bond motifs is 1. The summed E-state index contributed by atoms with van der Waals surface area (Å²) in [4.78, 5) is 12.5. The molecule has 5 nitrogen and oxygen atoms in total. The van der Waals surface area contributed by atoms with Crippen molar-refractivity contribution in [3.8, 4) is 0 Å². The molecule has 7 heteroatoms. The van der Waals surface area contributed by atoms with Crippen LogP contribution in [-0.4, -0.2) is 20.6 Å². The van der Waals surface area contributed by atoms with Gasteiger partial charge in [0.15, 0.2) is 15.6 Å². The first-order valence-electron chi connectivity index (χ1n) is 7.10. The van der Waals surface area contributed by atoms with E-state index in [0.29, 0.717) is 5.58 Å². The smallest absolute Gasteiger partial charge is 0.287 e. The summed E-state index contributed by atoms with van der Waals surface area (Å²) in [5, 5.41) is 3.59. The van der Waals surface area contributed by atoms with Crippen LogP contribution in [0.4, 0.5) is 0 Å². The second-order valence-corrected chi connectivity index (χ2v) is 8.23. The van der Waals surface area contributed by atoms with Crippen LogP contribution in [0.2, 0.25) is 0 Å². The number of carbonyl (C=O) groups is 1. The van der Waals surface area contributed by atoms with Crippen molar-refractivity contribution in [2.45, 2.75) is 11.4 Å². The number of halogens is 1. The summed E-state index contributed by atoms with van der Waals surface area (Å²) >= 11 is 3.42. The van der Waals surface area contributed by atoms with E-state index in [4.69, 9.17) is 4.42 Å². The number of hydrogen-bond acceptors (Lipinski definition) is 4. The van der Waals surface area contributed by atoms with Crippen LogP contribution in [0.15, 0.2) is 62.3 Å². The third-order valence-corrected chi connectivity index (χ3v) is 5.36. The van der Waals surface area contributed by atoms with Gasteiger partial charge in [-0.15, -0.1) is 0 Å². The zero-order valence-corrected chi connectivity index (χ0v) is 15.1. The van der Waals surface area contributed by atoms with Gasteiger partial charge >= 0.3 is 0 Å². The van der Waals surface area contributed by atoms with Crippen LogP contribution in [0, 0.1) is 0 Å². The SMILES string of the molecule is CS(=O)(=O)c1ccc(CNC(=O)c2cc3c(Br)cccc3o2)cc1. The number of hydrogen-bond donors (Lipinski definition) is 1.